The maximum atomic E-state index is 4.67. The van der Waals surface area contributed by atoms with Crippen LogP contribution in [0.1, 0.15) is 29.4 Å². The van der Waals surface area contributed by atoms with E-state index in [4.69, 9.17) is 0 Å². The largest absolute Gasteiger partial charge is 0.357 e. The molecule has 8 heteroatoms. The van der Waals surface area contributed by atoms with Crippen molar-refractivity contribution in [3.63, 3.8) is 0 Å². The molecule has 3 aromatic heterocycles. The van der Waals surface area contributed by atoms with Gasteiger partial charge in [-0.15, -0.1) is 45.5 Å². The van der Waals surface area contributed by atoms with Gasteiger partial charge in [0.2, 0.25) is 0 Å². The molecule has 26 heavy (non-hydrogen) atoms. The number of aryl methyl sites for hydroxylation is 1. The summed E-state index contributed by atoms with van der Waals surface area (Å²) in [5, 5.41) is 15.2. The smallest absolute Gasteiger partial charge is 0.191 e. The third-order valence-electron chi connectivity index (χ3n) is 3.79. The zero-order valence-electron chi connectivity index (χ0n) is 15.3. The van der Waals surface area contributed by atoms with Gasteiger partial charge in [0.05, 0.1) is 0 Å². The lowest BCUT2D eigenvalue weighted by Gasteiger charge is -2.17. The summed E-state index contributed by atoms with van der Waals surface area (Å²) in [6, 6.07) is 10.5. The fraction of sp³-hybridized carbons (Fsp3) is 0.389. The van der Waals surface area contributed by atoms with Crippen molar-refractivity contribution in [2.24, 2.45) is 4.99 Å². The van der Waals surface area contributed by atoms with Gasteiger partial charge in [-0.3, -0.25) is 4.40 Å². The van der Waals surface area contributed by atoms with Crippen LogP contribution in [0.2, 0.25) is 0 Å². The van der Waals surface area contributed by atoms with Gasteiger partial charge < -0.3 is 10.6 Å². The van der Waals surface area contributed by atoms with E-state index in [-0.39, 0.29) is 24.0 Å². The van der Waals surface area contributed by atoms with Crippen molar-refractivity contribution < 1.29 is 0 Å². The molecule has 0 saturated carbocycles. The quantitative estimate of drug-likeness (QED) is 0.320. The highest BCUT2D eigenvalue weighted by Crippen LogP contribution is 2.16. The number of nitrogens with zero attached hydrogens (tertiary/aromatic N) is 4. The molecular formula is C18H25IN6S. The Kier molecular flexibility index (Phi) is 7.83. The number of aromatic nitrogens is 3. The number of nitrogens with one attached hydrogen (secondary N) is 2. The lowest BCUT2D eigenvalue weighted by Crippen LogP contribution is -2.43. The molecule has 2 N–H and O–H groups in total. The molecule has 0 aliphatic rings. The molecule has 0 saturated heterocycles. The van der Waals surface area contributed by atoms with Gasteiger partial charge >= 0.3 is 0 Å². The highest BCUT2D eigenvalue weighted by Gasteiger charge is 2.09. The van der Waals surface area contributed by atoms with E-state index in [1.807, 2.05) is 40.1 Å². The number of halogens is 1. The van der Waals surface area contributed by atoms with Crippen molar-refractivity contribution >= 4 is 46.9 Å². The number of aliphatic imine (C=N–C) groups is 1. The molecule has 0 radical (unpaired) electrons. The zero-order valence-corrected chi connectivity index (χ0v) is 18.4. The normalized spacial score (nSPS) is 12.7. The summed E-state index contributed by atoms with van der Waals surface area (Å²) < 4.78 is 1.96. The van der Waals surface area contributed by atoms with Crippen LogP contribution in [0.15, 0.2) is 41.5 Å². The minimum atomic E-state index is 0. The highest BCUT2D eigenvalue weighted by atomic mass is 127. The lowest BCUT2D eigenvalue weighted by molar-refractivity contribution is 0.644. The molecule has 3 heterocycles. The van der Waals surface area contributed by atoms with Gasteiger partial charge in [0.1, 0.15) is 6.54 Å². The van der Waals surface area contributed by atoms with Crippen LogP contribution in [0.4, 0.5) is 0 Å². The second kappa shape index (κ2) is 9.86. The highest BCUT2D eigenvalue weighted by molar-refractivity contribution is 14.0. The monoisotopic (exact) mass is 484 g/mol. The van der Waals surface area contributed by atoms with Gasteiger partial charge in [0.15, 0.2) is 17.4 Å². The SMILES string of the molecule is CCNC(=NCc1nnc2ccccn12)NC(C)Cc1ccc(C)s1.I. The summed E-state index contributed by atoms with van der Waals surface area (Å²) in [7, 11) is 0. The van der Waals surface area contributed by atoms with E-state index in [1.165, 1.54) is 9.75 Å². The van der Waals surface area contributed by atoms with E-state index in [0.717, 1.165) is 30.4 Å². The Hall–Kier alpha value is -1.68. The Morgan fingerprint density at radius 1 is 1.27 bits per heavy atom. The van der Waals surface area contributed by atoms with Gasteiger partial charge in [0.25, 0.3) is 0 Å². The molecule has 0 aromatic carbocycles. The average molecular weight is 484 g/mol. The Balaban J connectivity index is 0.00000243. The average Bonchev–Trinajstić information content (AvgIpc) is 3.19. The number of rotatable bonds is 6. The number of hydrogen-bond acceptors (Lipinski definition) is 4. The van der Waals surface area contributed by atoms with Gasteiger partial charge in [0, 0.05) is 35.0 Å². The predicted molar refractivity (Wildman–Crippen MR) is 119 cm³/mol. The molecule has 0 aliphatic carbocycles. The molecule has 0 amide bonds. The van der Waals surface area contributed by atoms with E-state index < -0.39 is 0 Å². The van der Waals surface area contributed by atoms with E-state index in [0.29, 0.717) is 12.6 Å². The van der Waals surface area contributed by atoms with Crippen molar-refractivity contribution in [3.05, 3.63) is 52.1 Å². The topological polar surface area (TPSA) is 66.6 Å². The van der Waals surface area contributed by atoms with Crippen molar-refractivity contribution in [2.75, 3.05) is 6.54 Å². The summed E-state index contributed by atoms with van der Waals surface area (Å²) in [6.45, 7) is 7.68. The van der Waals surface area contributed by atoms with Crippen LogP contribution in [0, 0.1) is 6.92 Å². The van der Waals surface area contributed by atoms with Crippen LogP contribution in [0.5, 0.6) is 0 Å². The number of guanidine groups is 1. The molecule has 0 fully saturated rings. The second-order valence-corrected chi connectivity index (χ2v) is 7.37. The van der Waals surface area contributed by atoms with E-state index in [1.54, 1.807) is 0 Å². The summed E-state index contributed by atoms with van der Waals surface area (Å²) in [6.07, 6.45) is 2.94. The van der Waals surface area contributed by atoms with Crippen LogP contribution >= 0.6 is 35.3 Å². The number of thiophene rings is 1. The Morgan fingerprint density at radius 2 is 2.12 bits per heavy atom. The van der Waals surface area contributed by atoms with Crippen molar-refractivity contribution in [3.8, 4) is 0 Å². The third-order valence-corrected chi connectivity index (χ3v) is 4.82. The molecule has 6 nitrogen and oxygen atoms in total. The molecule has 3 aromatic rings. The van der Waals surface area contributed by atoms with Crippen LogP contribution in [0.3, 0.4) is 0 Å². The number of hydrogen-bond donors (Lipinski definition) is 2. The fourth-order valence-corrected chi connectivity index (χ4v) is 3.67. The molecular weight excluding hydrogens is 459 g/mol. The third kappa shape index (κ3) is 5.41. The lowest BCUT2D eigenvalue weighted by atomic mass is 10.2. The summed E-state index contributed by atoms with van der Waals surface area (Å²) in [5.74, 6) is 1.63. The molecule has 3 rings (SSSR count). The summed E-state index contributed by atoms with van der Waals surface area (Å²) in [4.78, 5) is 7.40. The fourth-order valence-electron chi connectivity index (χ4n) is 2.65. The van der Waals surface area contributed by atoms with Gasteiger partial charge in [-0.05, 0) is 45.0 Å². The van der Waals surface area contributed by atoms with Crippen molar-refractivity contribution in [2.45, 2.75) is 39.8 Å². The first-order valence-corrected chi connectivity index (χ1v) is 9.36. The first-order chi connectivity index (χ1) is 12.2. The maximum absolute atomic E-state index is 4.67. The van der Waals surface area contributed by atoms with E-state index in [9.17, 15) is 0 Å². The van der Waals surface area contributed by atoms with Gasteiger partial charge in [-0.2, -0.15) is 0 Å². The van der Waals surface area contributed by atoms with Crippen LogP contribution < -0.4 is 10.6 Å². The standard InChI is InChI=1S/C18H24N6S.HI/c1-4-19-18(21-13(2)11-15-9-8-14(3)25-15)20-12-17-23-22-16-7-5-6-10-24(16)17;/h5-10,13H,4,11-12H2,1-3H3,(H2,19,20,21);1H. The maximum Gasteiger partial charge on any atom is 0.191 e. The second-order valence-electron chi connectivity index (χ2n) is 6.00. The van der Waals surface area contributed by atoms with Crippen molar-refractivity contribution in [1.82, 2.24) is 25.2 Å². The Labute approximate surface area is 175 Å². The minimum absolute atomic E-state index is 0. The molecule has 1 unspecified atom stereocenters. The van der Waals surface area contributed by atoms with E-state index >= 15 is 0 Å². The molecule has 0 spiro atoms. The van der Waals surface area contributed by atoms with Crippen molar-refractivity contribution in [1.29, 1.82) is 0 Å². The molecule has 140 valence electrons. The van der Waals surface area contributed by atoms with Crippen LogP contribution in [-0.2, 0) is 13.0 Å². The van der Waals surface area contributed by atoms with Gasteiger partial charge in [-0.1, -0.05) is 6.07 Å². The molecule has 0 bridgehead atoms. The first kappa shape index (κ1) is 20.6. The minimum Gasteiger partial charge on any atom is -0.357 e. The summed E-state index contributed by atoms with van der Waals surface area (Å²) >= 11 is 1.85. The van der Waals surface area contributed by atoms with Crippen LogP contribution in [-0.4, -0.2) is 33.1 Å². The molecule has 0 aliphatic heterocycles. The first-order valence-electron chi connectivity index (χ1n) is 8.54. The number of pyridine rings is 1. The van der Waals surface area contributed by atoms with Gasteiger partial charge in [-0.25, -0.2) is 4.99 Å². The molecule has 1 atom stereocenters. The summed E-state index contributed by atoms with van der Waals surface area (Å²) in [5.41, 5.74) is 0.840. The zero-order chi connectivity index (χ0) is 17.6. The van der Waals surface area contributed by atoms with E-state index in [2.05, 4.69) is 58.7 Å². The predicted octanol–water partition coefficient (Wildman–Crippen LogP) is 3.40. The Bertz CT molecular complexity index is 856. The Morgan fingerprint density at radius 3 is 2.85 bits per heavy atom. The van der Waals surface area contributed by atoms with Crippen LogP contribution in [0.25, 0.3) is 5.65 Å². The number of fused-ring (bicyclic) bond motifs is 1.